The van der Waals surface area contributed by atoms with Gasteiger partial charge in [0, 0.05) is 5.69 Å². The fourth-order valence-electron chi connectivity index (χ4n) is 0.512. The molecule has 0 spiro atoms. The zero-order valence-corrected chi connectivity index (χ0v) is 7.32. The highest BCUT2D eigenvalue weighted by molar-refractivity contribution is 6.31. The SMILES string of the molecule is CC.Nc1ccc(F)c(Cl)c1. The van der Waals surface area contributed by atoms with Gasteiger partial charge in [0.05, 0.1) is 5.02 Å². The van der Waals surface area contributed by atoms with Crippen LogP contribution in [0, 0.1) is 5.82 Å². The van der Waals surface area contributed by atoms with E-state index in [4.69, 9.17) is 17.3 Å². The van der Waals surface area contributed by atoms with Crippen molar-refractivity contribution in [3.8, 4) is 0 Å². The number of halogens is 2. The molecule has 62 valence electrons. The van der Waals surface area contributed by atoms with Crippen molar-refractivity contribution in [2.75, 3.05) is 5.73 Å². The van der Waals surface area contributed by atoms with Gasteiger partial charge in [0.25, 0.3) is 0 Å². The van der Waals surface area contributed by atoms with Crippen molar-refractivity contribution in [2.24, 2.45) is 0 Å². The summed E-state index contributed by atoms with van der Waals surface area (Å²) in [5.41, 5.74) is 5.75. The maximum Gasteiger partial charge on any atom is 0.141 e. The number of hydrogen-bond acceptors (Lipinski definition) is 1. The standard InChI is InChI=1S/C6H5ClFN.C2H6/c7-5-3-4(9)1-2-6(5)8;1-2/h1-3H,9H2;1-2H3. The van der Waals surface area contributed by atoms with Crippen LogP contribution in [-0.4, -0.2) is 0 Å². The predicted molar refractivity (Wildman–Crippen MR) is 47.2 cm³/mol. The normalized spacial score (nSPS) is 8.36. The first kappa shape index (κ1) is 10.2. The Morgan fingerprint density at radius 3 is 2.27 bits per heavy atom. The summed E-state index contributed by atoms with van der Waals surface area (Å²) in [5.74, 6) is -0.439. The van der Waals surface area contributed by atoms with Crippen LogP contribution in [0.1, 0.15) is 13.8 Å². The van der Waals surface area contributed by atoms with Crippen molar-refractivity contribution in [2.45, 2.75) is 13.8 Å². The maximum absolute atomic E-state index is 12.3. The molecule has 0 radical (unpaired) electrons. The summed E-state index contributed by atoms with van der Waals surface area (Å²) in [4.78, 5) is 0. The summed E-state index contributed by atoms with van der Waals surface area (Å²) in [7, 11) is 0. The lowest BCUT2D eigenvalue weighted by Gasteiger charge is -1.93. The van der Waals surface area contributed by atoms with Gasteiger partial charge in [-0.15, -0.1) is 0 Å². The zero-order valence-electron chi connectivity index (χ0n) is 6.57. The zero-order chi connectivity index (χ0) is 8.85. The summed E-state index contributed by atoms with van der Waals surface area (Å²) in [6.45, 7) is 4.00. The number of benzene rings is 1. The Morgan fingerprint density at radius 1 is 1.36 bits per heavy atom. The van der Waals surface area contributed by atoms with Gasteiger partial charge in [-0.1, -0.05) is 25.4 Å². The first-order valence-corrected chi connectivity index (χ1v) is 3.78. The Kier molecular flexibility index (Phi) is 4.62. The molecule has 0 atom stereocenters. The molecule has 0 fully saturated rings. The molecule has 1 aromatic carbocycles. The highest BCUT2D eigenvalue weighted by Crippen LogP contribution is 2.16. The van der Waals surface area contributed by atoms with Crippen LogP contribution in [0.2, 0.25) is 5.02 Å². The molecule has 0 bridgehead atoms. The second kappa shape index (κ2) is 4.97. The molecule has 0 unspecified atom stereocenters. The van der Waals surface area contributed by atoms with Crippen LogP contribution in [0.5, 0.6) is 0 Å². The van der Waals surface area contributed by atoms with Crippen LogP contribution in [0.15, 0.2) is 18.2 Å². The summed E-state index contributed by atoms with van der Waals surface area (Å²) >= 11 is 5.36. The minimum Gasteiger partial charge on any atom is -0.399 e. The lowest BCUT2D eigenvalue weighted by atomic mass is 10.3. The molecular weight excluding hydrogens is 165 g/mol. The summed E-state index contributed by atoms with van der Waals surface area (Å²) in [6.07, 6.45) is 0. The molecule has 0 saturated heterocycles. The largest absolute Gasteiger partial charge is 0.399 e. The molecule has 0 amide bonds. The van der Waals surface area contributed by atoms with Gasteiger partial charge in [-0.25, -0.2) is 4.39 Å². The van der Waals surface area contributed by atoms with Gasteiger partial charge in [0.1, 0.15) is 5.82 Å². The number of hydrogen-bond donors (Lipinski definition) is 1. The van der Waals surface area contributed by atoms with Crippen molar-refractivity contribution in [3.63, 3.8) is 0 Å². The molecule has 0 saturated carbocycles. The van der Waals surface area contributed by atoms with E-state index in [1.54, 1.807) is 0 Å². The quantitative estimate of drug-likeness (QED) is 0.603. The third-order valence-corrected chi connectivity index (χ3v) is 1.23. The number of nitrogen functional groups attached to an aromatic ring is 1. The van der Waals surface area contributed by atoms with Crippen molar-refractivity contribution >= 4 is 17.3 Å². The molecule has 11 heavy (non-hydrogen) atoms. The molecule has 0 aliphatic rings. The van der Waals surface area contributed by atoms with Gasteiger partial charge >= 0.3 is 0 Å². The predicted octanol–water partition coefficient (Wildman–Crippen LogP) is 3.09. The number of nitrogens with two attached hydrogens (primary N) is 1. The van der Waals surface area contributed by atoms with E-state index in [2.05, 4.69) is 0 Å². The van der Waals surface area contributed by atoms with E-state index in [1.165, 1.54) is 18.2 Å². The van der Waals surface area contributed by atoms with Crippen LogP contribution in [0.4, 0.5) is 10.1 Å². The van der Waals surface area contributed by atoms with E-state index in [0.29, 0.717) is 5.69 Å². The first-order valence-electron chi connectivity index (χ1n) is 3.40. The number of anilines is 1. The van der Waals surface area contributed by atoms with E-state index in [1.807, 2.05) is 13.8 Å². The molecule has 3 heteroatoms. The van der Waals surface area contributed by atoms with Crippen molar-refractivity contribution in [3.05, 3.63) is 29.0 Å². The average Bonchev–Trinajstić information content (AvgIpc) is 2.02. The Labute approximate surface area is 71.0 Å². The molecule has 1 nitrogen and oxygen atoms in total. The fraction of sp³-hybridized carbons (Fsp3) is 0.250. The van der Waals surface area contributed by atoms with Gasteiger partial charge in [-0.05, 0) is 18.2 Å². The average molecular weight is 176 g/mol. The van der Waals surface area contributed by atoms with Gasteiger partial charge < -0.3 is 5.73 Å². The third-order valence-electron chi connectivity index (χ3n) is 0.944. The van der Waals surface area contributed by atoms with E-state index in [-0.39, 0.29) is 5.02 Å². The molecule has 0 aromatic heterocycles. The van der Waals surface area contributed by atoms with Gasteiger partial charge in [-0.3, -0.25) is 0 Å². The maximum atomic E-state index is 12.3. The van der Waals surface area contributed by atoms with Crippen LogP contribution in [0.25, 0.3) is 0 Å². The third kappa shape index (κ3) is 3.23. The van der Waals surface area contributed by atoms with Gasteiger partial charge in [0.15, 0.2) is 0 Å². The highest BCUT2D eigenvalue weighted by atomic mass is 35.5. The minimum absolute atomic E-state index is 0.0648. The van der Waals surface area contributed by atoms with E-state index in [0.717, 1.165) is 0 Å². The van der Waals surface area contributed by atoms with E-state index in [9.17, 15) is 4.39 Å². The molecular formula is C8H11ClFN. The van der Waals surface area contributed by atoms with Crippen LogP contribution in [0.3, 0.4) is 0 Å². The molecule has 1 rings (SSSR count). The van der Waals surface area contributed by atoms with Gasteiger partial charge in [-0.2, -0.15) is 0 Å². The van der Waals surface area contributed by atoms with Crippen LogP contribution >= 0.6 is 11.6 Å². The fourth-order valence-corrected chi connectivity index (χ4v) is 0.701. The lowest BCUT2D eigenvalue weighted by Crippen LogP contribution is -1.84. The Bertz CT molecular complexity index is 225. The second-order valence-electron chi connectivity index (χ2n) is 1.67. The van der Waals surface area contributed by atoms with Crippen molar-refractivity contribution in [1.29, 1.82) is 0 Å². The molecule has 0 aliphatic carbocycles. The smallest absolute Gasteiger partial charge is 0.141 e. The Morgan fingerprint density at radius 2 is 1.91 bits per heavy atom. The lowest BCUT2D eigenvalue weighted by molar-refractivity contribution is 0.628. The van der Waals surface area contributed by atoms with Crippen LogP contribution < -0.4 is 5.73 Å². The minimum atomic E-state index is -0.439. The monoisotopic (exact) mass is 175 g/mol. The van der Waals surface area contributed by atoms with Gasteiger partial charge in [0.2, 0.25) is 0 Å². The summed E-state index contributed by atoms with van der Waals surface area (Å²) in [5, 5.41) is 0.0648. The Hall–Kier alpha value is -0.760. The molecule has 1 aromatic rings. The first-order chi connectivity index (χ1) is 5.20. The molecule has 0 heterocycles. The summed E-state index contributed by atoms with van der Waals surface area (Å²) < 4.78 is 12.3. The Balaban J connectivity index is 0.000000461. The van der Waals surface area contributed by atoms with E-state index >= 15 is 0 Å². The van der Waals surface area contributed by atoms with E-state index < -0.39 is 5.82 Å². The number of rotatable bonds is 0. The molecule has 0 aliphatic heterocycles. The van der Waals surface area contributed by atoms with Crippen molar-refractivity contribution in [1.82, 2.24) is 0 Å². The molecule has 2 N–H and O–H groups in total. The topological polar surface area (TPSA) is 26.0 Å². The van der Waals surface area contributed by atoms with Crippen molar-refractivity contribution < 1.29 is 4.39 Å². The highest BCUT2D eigenvalue weighted by Gasteiger charge is 1.95. The second-order valence-corrected chi connectivity index (χ2v) is 2.08. The van der Waals surface area contributed by atoms with Crippen LogP contribution in [-0.2, 0) is 0 Å². The summed E-state index contributed by atoms with van der Waals surface area (Å²) in [6, 6.07) is 4.07.